The van der Waals surface area contributed by atoms with Crippen molar-refractivity contribution in [3.05, 3.63) is 29.8 Å². The summed E-state index contributed by atoms with van der Waals surface area (Å²) < 4.78 is 0. The molecule has 18 heavy (non-hydrogen) atoms. The monoisotopic (exact) mass is 248 g/mol. The predicted molar refractivity (Wildman–Crippen MR) is 67.7 cm³/mol. The first-order valence-electron chi connectivity index (χ1n) is 5.93. The fourth-order valence-electron chi connectivity index (χ4n) is 2.12. The number of carbonyl (C=O) groups excluding carboxylic acids is 1. The van der Waals surface area contributed by atoms with Crippen LogP contribution in [0.2, 0.25) is 0 Å². The summed E-state index contributed by atoms with van der Waals surface area (Å²) >= 11 is 0. The molecule has 0 aliphatic carbocycles. The zero-order chi connectivity index (χ0) is 13.1. The molecule has 5 nitrogen and oxygen atoms in total. The van der Waals surface area contributed by atoms with Crippen LogP contribution in [0.4, 0.5) is 5.69 Å². The van der Waals surface area contributed by atoms with E-state index < -0.39 is 11.9 Å². The first kappa shape index (κ1) is 12.4. The van der Waals surface area contributed by atoms with Crippen LogP contribution in [0.3, 0.4) is 0 Å². The van der Waals surface area contributed by atoms with E-state index in [1.54, 1.807) is 13.0 Å². The summed E-state index contributed by atoms with van der Waals surface area (Å²) in [6.07, 6.45) is 0. The molecule has 96 valence electrons. The summed E-state index contributed by atoms with van der Waals surface area (Å²) in [5.41, 5.74) is 1.59. The lowest BCUT2D eigenvalue weighted by Gasteiger charge is -2.31. The quantitative estimate of drug-likeness (QED) is 0.830. The maximum atomic E-state index is 11.4. The maximum Gasteiger partial charge on any atom is 0.310 e. The van der Waals surface area contributed by atoms with E-state index in [-0.39, 0.29) is 12.5 Å². The summed E-state index contributed by atoms with van der Waals surface area (Å²) in [6.45, 7) is 3.23. The minimum absolute atomic E-state index is 0.0287. The molecule has 1 unspecified atom stereocenters. The molecule has 0 spiro atoms. The van der Waals surface area contributed by atoms with Gasteiger partial charge in [-0.1, -0.05) is 18.2 Å². The molecule has 2 rings (SSSR count). The molecule has 0 saturated carbocycles. The van der Waals surface area contributed by atoms with Gasteiger partial charge in [-0.2, -0.15) is 0 Å². The van der Waals surface area contributed by atoms with Crippen LogP contribution in [0.5, 0.6) is 0 Å². The van der Waals surface area contributed by atoms with Crippen molar-refractivity contribution in [1.29, 1.82) is 0 Å². The van der Waals surface area contributed by atoms with Gasteiger partial charge in [0.2, 0.25) is 5.91 Å². The largest absolute Gasteiger partial charge is 0.481 e. The van der Waals surface area contributed by atoms with Crippen LogP contribution in [0, 0.1) is 0 Å². The van der Waals surface area contributed by atoms with Gasteiger partial charge in [0.15, 0.2) is 0 Å². The molecule has 0 aromatic heterocycles. The SMILES string of the molecule is CC(C(=O)O)c1ccccc1N1CCNC(=O)C1. The average Bonchev–Trinajstić information content (AvgIpc) is 2.38. The lowest BCUT2D eigenvalue weighted by molar-refractivity contribution is -0.138. The normalized spacial score (nSPS) is 17.2. The number of piperazine rings is 1. The van der Waals surface area contributed by atoms with Gasteiger partial charge in [-0.25, -0.2) is 0 Å². The highest BCUT2D eigenvalue weighted by Crippen LogP contribution is 2.28. The van der Waals surface area contributed by atoms with E-state index in [4.69, 9.17) is 5.11 Å². The summed E-state index contributed by atoms with van der Waals surface area (Å²) in [5, 5.41) is 11.9. The third-order valence-corrected chi connectivity index (χ3v) is 3.15. The predicted octanol–water partition coefficient (Wildman–Crippen LogP) is 0.811. The number of carbonyl (C=O) groups is 2. The Kier molecular flexibility index (Phi) is 3.50. The van der Waals surface area contributed by atoms with E-state index in [0.29, 0.717) is 13.1 Å². The zero-order valence-corrected chi connectivity index (χ0v) is 10.2. The van der Waals surface area contributed by atoms with Gasteiger partial charge in [-0.05, 0) is 18.6 Å². The van der Waals surface area contributed by atoms with E-state index in [9.17, 15) is 9.59 Å². The van der Waals surface area contributed by atoms with Crippen molar-refractivity contribution in [2.45, 2.75) is 12.8 Å². The van der Waals surface area contributed by atoms with Crippen molar-refractivity contribution in [3.63, 3.8) is 0 Å². The van der Waals surface area contributed by atoms with Gasteiger partial charge in [-0.3, -0.25) is 9.59 Å². The van der Waals surface area contributed by atoms with Crippen molar-refractivity contribution in [1.82, 2.24) is 5.32 Å². The van der Waals surface area contributed by atoms with Crippen LogP contribution >= 0.6 is 0 Å². The Balaban J connectivity index is 2.32. The Hall–Kier alpha value is -2.04. The van der Waals surface area contributed by atoms with Gasteiger partial charge >= 0.3 is 5.97 Å². The third kappa shape index (κ3) is 2.45. The summed E-state index contributed by atoms with van der Waals surface area (Å²) in [6, 6.07) is 7.36. The fourth-order valence-corrected chi connectivity index (χ4v) is 2.12. The standard InChI is InChI=1S/C13H16N2O3/c1-9(13(17)18)10-4-2-3-5-11(10)15-7-6-14-12(16)8-15/h2-5,9H,6-8H2,1H3,(H,14,16)(H,17,18). The number of rotatable bonds is 3. The van der Waals surface area contributed by atoms with Crippen molar-refractivity contribution < 1.29 is 14.7 Å². The number of anilines is 1. The first-order chi connectivity index (χ1) is 8.59. The van der Waals surface area contributed by atoms with Gasteiger partial charge < -0.3 is 15.3 Å². The van der Waals surface area contributed by atoms with E-state index in [1.165, 1.54) is 0 Å². The minimum Gasteiger partial charge on any atom is -0.481 e. The first-order valence-corrected chi connectivity index (χ1v) is 5.93. The molecule has 5 heteroatoms. The second-order valence-electron chi connectivity index (χ2n) is 4.39. The van der Waals surface area contributed by atoms with Gasteiger partial charge in [0.1, 0.15) is 0 Å². The molecule has 0 bridgehead atoms. The van der Waals surface area contributed by atoms with Gasteiger partial charge in [0, 0.05) is 18.8 Å². The molecule has 1 heterocycles. The van der Waals surface area contributed by atoms with Gasteiger partial charge in [-0.15, -0.1) is 0 Å². The van der Waals surface area contributed by atoms with Crippen LogP contribution in [0.15, 0.2) is 24.3 Å². The number of hydrogen-bond donors (Lipinski definition) is 2. The second kappa shape index (κ2) is 5.08. The number of carboxylic acid groups (broad SMARTS) is 1. The molecule has 1 atom stereocenters. The number of benzene rings is 1. The molecule has 1 saturated heterocycles. The van der Waals surface area contributed by atoms with E-state index in [0.717, 1.165) is 11.3 Å². The number of aliphatic carboxylic acids is 1. The Morgan fingerprint density at radius 1 is 1.44 bits per heavy atom. The van der Waals surface area contributed by atoms with Gasteiger partial charge in [0.25, 0.3) is 0 Å². The van der Waals surface area contributed by atoms with Crippen molar-refractivity contribution in [3.8, 4) is 0 Å². The Labute approximate surface area is 105 Å². The van der Waals surface area contributed by atoms with Crippen LogP contribution in [0.1, 0.15) is 18.4 Å². The molecule has 0 radical (unpaired) electrons. The molecular weight excluding hydrogens is 232 g/mol. The average molecular weight is 248 g/mol. The van der Waals surface area contributed by atoms with E-state index in [1.807, 2.05) is 23.1 Å². The minimum atomic E-state index is -0.857. The summed E-state index contributed by atoms with van der Waals surface area (Å²) in [4.78, 5) is 24.4. The summed E-state index contributed by atoms with van der Waals surface area (Å²) in [5.74, 6) is -1.46. The van der Waals surface area contributed by atoms with Crippen LogP contribution < -0.4 is 10.2 Å². The Morgan fingerprint density at radius 3 is 2.83 bits per heavy atom. The fraction of sp³-hybridized carbons (Fsp3) is 0.385. The van der Waals surface area contributed by atoms with Crippen LogP contribution in [-0.4, -0.2) is 36.6 Å². The second-order valence-corrected chi connectivity index (χ2v) is 4.39. The van der Waals surface area contributed by atoms with Crippen LogP contribution in [-0.2, 0) is 9.59 Å². The zero-order valence-electron chi connectivity index (χ0n) is 10.2. The maximum absolute atomic E-state index is 11.4. The molecule has 1 aliphatic heterocycles. The van der Waals surface area contributed by atoms with Crippen molar-refractivity contribution in [2.75, 3.05) is 24.5 Å². The lowest BCUT2D eigenvalue weighted by atomic mass is 9.98. The third-order valence-electron chi connectivity index (χ3n) is 3.15. The Bertz CT molecular complexity index is 473. The van der Waals surface area contributed by atoms with E-state index >= 15 is 0 Å². The molecule has 2 N–H and O–H groups in total. The molecule has 1 aliphatic rings. The highest BCUT2D eigenvalue weighted by molar-refractivity contribution is 5.84. The van der Waals surface area contributed by atoms with Crippen LogP contribution in [0.25, 0.3) is 0 Å². The molecule has 1 aromatic carbocycles. The van der Waals surface area contributed by atoms with Gasteiger partial charge in [0.05, 0.1) is 12.5 Å². The summed E-state index contributed by atoms with van der Waals surface area (Å²) in [7, 11) is 0. The number of amides is 1. The highest BCUT2D eigenvalue weighted by Gasteiger charge is 2.23. The number of carboxylic acids is 1. The molecular formula is C13H16N2O3. The number of hydrogen-bond acceptors (Lipinski definition) is 3. The molecule has 1 amide bonds. The smallest absolute Gasteiger partial charge is 0.310 e. The molecule has 1 fully saturated rings. The van der Waals surface area contributed by atoms with Crippen molar-refractivity contribution >= 4 is 17.6 Å². The topological polar surface area (TPSA) is 69.6 Å². The van der Waals surface area contributed by atoms with Crippen molar-refractivity contribution in [2.24, 2.45) is 0 Å². The highest BCUT2D eigenvalue weighted by atomic mass is 16.4. The number of para-hydroxylation sites is 1. The number of nitrogens with zero attached hydrogens (tertiary/aromatic N) is 1. The number of nitrogens with one attached hydrogen (secondary N) is 1. The lowest BCUT2D eigenvalue weighted by Crippen LogP contribution is -2.48. The van der Waals surface area contributed by atoms with E-state index in [2.05, 4.69) is 5.32 Å². The Morgan fingerprint density at radius 2 is 2.17 bits per heavy atom. The molecule has 1 aromatic rings.